The molecule has 0 aliphatic rings. The van der Waals surface area contributed by atoms with Gasteiger partial charge in [0.25, 0.3) is 0 Å². The Balaban J connectivity index is 1.43. The van der Waals surface area contributed by atoms with E-state index >= 15 is 0 Å². The SMILES string of the molecule is CCc1cc(C#N)cc(C)c1NC(Cc1ccc(-c2nsc(CNc3cc(C)ccn3)n2)cc1)C(=O)O. The molecule has 0 amide bonds. The number of nitrogens with zero attached hydrogens (tertiary/aromatic N) is 4. The van der Waals surface area contributed by atoms with Crippen molar-refractivity contribution in [2.75, 3.05) is 10.6 Å². The van der Waals surface area contributed by atoms with Gasteiger partial charge in [0.15, 0.2) is 5.82 Å². The van der Waals surface area contributed by atoms with Crippen molar-refractivity contribution in [1.82, 2.24) is 14.3 Å². The lowest BCUT2D eigenvalue weighted by Crippen LogP contribution is -2.32. The molecule has 2 aromatic carbocycles. The summed E-state index contributed by atoms with van der Waals surface area (Å²) in [6.07, 6.45) is 2.77. The Hall–Kier alpha value is -4.29. The van der Waals surface area contributed by atoms with E-state index in [1.54, 1.807) is 12.3 Å². The van der Waals surface area contributed by atoms with Crippen molar-refractivity contribution in [1.29, 1.82) is 5.26 Å². The van der Waals surface area contributed by atoms with E-state index in [-0.39, 0.29) is 0 Å². The predicted octanol–water partition coefficient (Wildman–Crippen LogP) is 5.37. The van der Waals surface area contributed by atoms with Crippen molar-refractivity contribution < 1.29 is 9.90 Å². The zero-order valence-electron chi connectivity index (χ0n) is 20.9. The van der Waals surface area contributed by atoms with Crippen molar-refractivity contribution in [3.63, 3.8) is 0 Å². The molecule has 9 heteroatoms. The Morgan fingerprint density at radius 1 is 1.16 bits per heavy atom. The molecule has 0 fully saturated rings. The number of carbonyl (C=O) groups is 1. The first kappa shape index (κ1) is 25.8. The molecule has 0 saturated heterocycles. The number of anilines is 2. The molecule has 0 spiro atoms. The van der Waals surface area contributed by atoms with Gasteiger partial charge < -0.3 is 15.7 Å². The molecule has 3 N–H and O–H groups in total. The predicted molar refractivity (Wildman–Crippen MR) is 146 cm³/mol. The van der Waals surface area contributed by atoms with Crippen LogP contribution < -0.4 is 10.6 Å². The third kappa shape index (κ3) is 6.48. The summed E-state index contributed by atoms with van der Waals surface area (Å²) in [4.78, 5) is 21.0. The van der Waals surface area contributed by atoms with Crippen LogP contribution in [0.1, 0.15) is 39.7 Å². The van der Waals surface area contributed by atoms with Crippen LogP contribution in [0.3, 0.4) is 0 Å². The van der Waals surface area contributed by atoms with Crippen LogP contribution in [0.4, 0.5) is 11.5 Å². The lowest BCUT2D eigenvalue weighted by atomic mass is 9.99. The van der Waals surface area contributed by atoms with E-state index in [0.29, 0.717) is 30.8 Å². The van der Waals surface area contributed by atoms with Crippen molar-refractivity contribution in [3.8, 4) is 17.5 Å². The van der Waals surface area contributed by atoms with Crippen LogP contribution in [0.15, 0.2) is 54.7 Å². The molecule has 4 aromatic rings. The topological polar surface area (TPSA) is 124 Å². The number of aryl methyl sites for hydroxylation is 3. The normalized spacial score (nSPS) is 11.5. The molecule has 4 rings (SSSR count). The van der Waals surface area contributed by atoms with Gasteiger partial charge in [-0.25, -0.2) is 14.8 Å². The molecule has 8 nitrogen and oxygen atoms in total. The number of hydrogen-bond acceptors (Lipinski definition) is 8. The highest BCUT2D eigenvalue weighted by Crippen LogP contribution is 2.26. The highest BCUT2D eigenvalue weighted by atomic mass is 32.1. The summed E-state index contributed by atoms with van der Waals surface area (Å²) in [5.41, 5.74) is 6.02. The fraction of sp³-hybridized carbons (Fsp3) is 0.250. The van der Waals surface area contributed by atoms with Crippen molar-refractivity contribution in [2.45, 2.75) is 46.2 Å². The van der Waals surface area contributed by atoms with Gasteiger partial charge in [-0.1, -0.05) is 31.2 Å². The number of hydrogen-bond donors (Lipinski definition) is 3. The maximum Gasteiger partial charge on any atom is 0.326 e. The molecular formula is C28H28N6O2S. The standard InChI is InChI=1S/C28H28N6O2S/c1-4-21-13-20(15-29)12-18(3)26(21)32-23(28(35)36)14-19-5-7-22(8-6-19)27-33-25(37-34-27)16-31-24-11-17(2)9-10-30-24/h5-13,23,32H,4,14,16H2,1-3H3,(H,30,31)(H,35,36). The molecule has 0 aliphatic heterocycles. The van der Waals surface area contributed by atoms with E-state index in [1.165, 1.54) is 11.5 Å². The molecule has 1 unspecified atom stereocenters. The van der Waals surface area contributed by atoms with Gasteiger partial charge in [-0.2, -0.15) is 9.64 Å². The number of nitriles is 1. The summed E-state index contributed by atoms with van der Waals surface area (Å²) in [7, 11) is 0. The van der Waals surface area contributed by atoms with Crippen LogP contribution in [-0.4, -0.2) is 31.5 Å². The van der Waals surface area contributed by atoms with E-state index in [2.05, 4.69) is 31.0 Å². The van der Waals surface area contributed by atoms with Crippen LogP contribution in [0, 0.1) is 25.2 Å². The quantitative estimate of drug-likeness (QED) is 0.259. The molecule has 0 saturated carbocycles. The Morgan fingerprint density at radius 3 is 2.62 bits per heavy atom. The monoisotopic (exact) mass is 512 g/mol. The van der Waals surface area contributed by atoms with Gasteiger partial charge >= 0.3 is 5.97 Å². The maximum absolute atomic E-state index is 12.1. The lowest BCUT2D eigenvalue weighted by molar-refractivity contribution is -0.137. The van der Waals surface area contributed by atoms with E-state index in [0.717, 1.165) is 44.3 Å². The number of pyridine rings is 1. The third-order valence-electron chi connectivity index (χ3n) is 6.00. The zero-order valence-corrected chi connectivity index (χ0v) is 21.8. The number of rotatable bonds is 10. The molecule has 2 aromatic heterocycles. The second-order valence-electron chi connectivity index (χ2n) is 8.81. The first-order valence-electron chi connectivity index (χ1n) is 12.0. The average Bonchev–Trinajstić information content (AvgIpc) is 3.37. The second kappa shape index (κ2) is 11.6. The smallest absolute Gasteiger partial charge is 0.326 e. The Kier molecular flexibility index (Phi) is 8.11. The number of benzene rings is 2. The summed E-state index contributed by atoms with van der Waals surface area (Å²) in [5.74, 6) is 0.500. The van der Waals surface area contributed by atoms with Crippen molar-refractivity contribution in [2.24, 2.45) is 0 Å². The summed E-state index contributed by atoms with van der Waals surface area (Å²) >= 11 is 1.34. The number of nitrogens with one attached hydrogen (secondary N) is 2. The molecule has 188 valence electrons. The Morgan fingerprint density at radius 2 is 1.95 bits per heavy atom. The summed E-state index contributed by atoms with van der Waals surface area (Å²) in [5, 5.41) is 26.5. The first-order chi connectivity index (χ1) is 17.9. The number of carboxylic acid groups (broad SMARTS) is 1. The Labute approximate surface area is 220 Å². The van der Waals surface area contributed by atoms with Gasteiger partial charge in [0, 0.05) is 23.9 Å². The van der Waals surface area contributed by atoms with Crippen LogP contribution in [0.25, 0.3) is 11.4 Å². The molecule has 2 heterocycles. The molecule has 0 radical (unpaired) electrons. The minimum Gasteiger partial charge on any atom is -0.480 e. The van der Waals surface area contributed by atoms with Crippen LogP contribution in [-0.2, 0) is 24.2 Å². The Bertz CT molecular complexity index is 1440. The highest BCUT2D eigenvalue weighted by Gasteiger charge is 2.20. The molecule has 0 bridgehead atoms. The molecular weight excluding hydrogens is 484 g/mol. The lowest BCUT2D eigenvalue weighted by Gasteiger charge is -2.20. The number of carboxylic acids is 1. The average molecular weight is 513 g/mol. The summed E-state index contributed by atoms with van der Waals surface area (Å²) < 4.78 is 4.47. The summed E-state index contributed by atoms with van der Waals surface area (Å²) in [6.45, 7) is 6.43. The summed E-state index contributed by atoms with van der Waals surface area (Å²) in [6, 6.07) is 16.5. The minimum atomic E-state index is -0.934. The van der Waals surface area contributed by atoms with Gasteiger partial charge in [-0.05, 0) is 78.3 Å². The third-order valence-corrected chi connectivity index (χ3v) is 6.71. The first-order valence-corrected chi connectivity index (χ1v) is 12.7. The van der Waals surface area contributed by atoms with Gasteiger partial charge in [0.2, 0.25) is 0 Å². The largest absolute Gasteiger partial charge is 0.480 e. The van der Waals surface area contributed by atoms with Gasteiger partial charge in [-0.15, -0.1) is 0 Å². The van der Waals surface area contributed by atoms with Gasteiger partial charge in [0.1, 0.15) is 16.9 Å². The second-order valence-corrected chi connectivity index (χ2v) is 9.65. The fourth-order valence-corrected chi connectivity index (χ4v) is 4.66. The minimum absolute atomic E-state index is 0.307. The van der Waals surface area contributed by atoms with Gasteiger partial charge in [0.05, 0.1) is 18.2 Å². The maximum atomic E-state index is 12.1. The fourth-order valence-electron chi connectivity index (χ4n) is 4.05. The van der Waals surface area contributed by atoms with Crippen LogP contribution in [0.2, 0.25) is 0 Å². The van der Waals surface area contributed by atoms with E-state index in [1.807, 2.05) is 63.2 Å². The van der Waals surface area contributed by atoms with Crippen molar-refractivity contribution in [3.05, 3.63) is 87.6 Å². The van der Waals surface area contributed by atoms with Crippen LogP contribution >= 0.6 is 11.5 Å². The molecule has 0 aliphatic carbocycles. The zero-order chi connectivity index (χ0) is 26.4. The van der Waals surface area contributed by atoms with E-state index in [9.17, 15) is 15.2 Å². The molecule has 37 heavy (non-hydrogen) atoms. The van der Waals surface area contributed by atoms with Crippen LogP contribution in [0.5, 0.6) is 0 Å². The van der Waals surface area contributed by atoms with Gasteiger partial charge in [-0.3, -0.25) is 0 Å². The molecule has 1 atom stereocenters. The van der Waals surface area contributed by atoms with E-state index < -0.39 is 12.0 Å². The number of aliphatic carboxylic acids is 1. The number of aromatic nitrogens is 3. The van der Waals surface area contributed by atoms with Crippen molar-refractivity contribution >= 4 is 29.0 Å². The highest BCUT2D eigenvalue weighted by molar-refractivity contribution is 7.05. The van der Waals surface area contributed by atoms with E-state index in [4.69, 9.17) is 0 Å².